The minimum Gasteiger partial charge on any atom is -0.317 e. The van der Waals surface area contributed by atoms with Gasteiger partial charge in [0.1, 0.15) is 0 Å². The number of benzene rings is 1. The molecule has 136 valence electrons. The van der Waals surface area contributed by atoms with Crippen molar-refractivity contribution in [3.8, 4) is 0 Å². The lowest BCUT2D eigenvalue weighted by molar-refractivity contribution is 0.152. The Morgan fingerprint density at radius 3 is 2.21 bits per heavy atom. The third kappa shape index (κ3) is 4.70. The van der Waals surface area contributed by atoms with Crippen LogP contribution in [0.1, 0.15) is 18.4 Å². The molecule has 2 fully saturated rings. The van der Waals surface area contributed by atoms with E-state index < -0.39 is 10.0 Å². The molecule has 0 amide bonds. The van der Waals surface area contributed by atoms with Crippen LogP contribution in [-0.2, 0) is 10.0 Å². The Hall–Kier alpha value is -0.660. The minimum absolute atomic E-state index is 0. The van der Waals surface area contributed by atoms with Gasteiger partial charge in [0.05, 0.1) is 4.90 Å². The van der Waals surface area contributed by atoms with Crippen molar-refractivity contribution in [1.29, 1.82) is 0 Å². The number of rotatable bonds is 4. The lowest BCUT2D eigenvalue weighted by Crippen LogP contribution is -2.50. The molecule has 0 atom stereocenters. The molecule has 2 saturated heterocycles. The van der Waals surface area contributed by atoms with E-state index in [1.165, 1.54) is 12.8 Å². The van der Waals surface area contributed by atoms with E-state index in [9.17, 15) is 8.42 Å². The van der Waals surface area contributed by atoms with Gasteiger partial charge in [0, 0.05) is 32.7 Å². The van der Waals surface area contributed by atoms with E-state index in [2.05, 4.69) is 10.2 Å². The van der Waals surface area contributed by atoms with Gasteiger partial charge in [-0.05, 0) is 50.9 Å². The molecule has 0 aromatic heterocycles. The Morgan fingerprint density at radius 2 is 1.62 bits per heavy atom. The molecule has 1 aromatic rings. The first kappa shape index (κ1) is 19.7. The summed E-state index contributed by atoms with van der Waals surface area (Å²) in [4.78, 5) is 2.84. The summed E-state index contributed by atoms with van der Waals surface area (Å²) in [6, 6.07) is 7.15. The number of hydrogen-bond donors (Lipinski definition) is 1. The topological polar surface area (TPSA) is 52.7 Å². The molecule has 0 bridgehead atoms. The lowest BCUT2D eigenvalue weighted by Gasteiger charge is -2.36. The fraction of sp³-hybridized carbons (Fsp3) is 0.647. The van der Waals surface area contributed by atoms with Gasteiger partial charge in [-0.2, -0.15) is 4.31 Å². The first-order valence-electron chi connectivity index (χ1n) is 8.55. The molecule has 5 nitrogen and oxygen atoms in total. The molecule has 0 unspecified atom stereocenters. The van der Waals surface area contributed by atoms with E-state index in [-0.39, 0.29) is 12.4 Å². The SMILES string of the molecule is Cc1ccc(S(=O)(=O)N2CCN(CC3CCNCC3)CC2)cc1.Cl. The molecule has 2 aliphatic heterocycles. The number of aryl methyl sites for hydroxylation is 1. The van der Waals surface area contributed by atoms with Gasteiger partial charge in [0.2, 0.25) is 10.0 Å². The van der Waals surface area contributed by atoms with Gasteiger partial charge in [-0.1, -0.05) is 17.7 Å². The molecule has 1 aromatic carbocycles. The Bertz CT molecular complexity index is 607. The van der Waals surface area contributed by atoms with Crippen molar-refractivity contribution < 1.29 is 8.42 Å². The molecule has 0 saturated carbocycles. The average Bonchev–Trinajstić information content (AvgIpc) is 2.57. The normalized spacial score (nSPS) is 21.4. The first-order chi connectivity index (χ1) is 11.1. The zero-order valence-electron chi connectivity index (χ0n) is 14.3. The molecule has 1 N–H and O–H groups in total. The Kier molecular flexibility index (Phi) is 7.07. The van der Waals surface area contributed by atoms with Crippen molar-refractivity contribution in [3.63, 3.8) is 0 Å². The highest BCUT2D eigenvalue weighted by Gasteiger charge is 2.29. The quantitative estimate of drug-likeness (QED) is 0.873. The highest BCUT2D eigenvalue weighted by Crippen LogP contribution is 2.20. The molecule has 3 rings (SSSR count). The van der Waals surface area contributed by atoms with Crippen LogP contribution in [0.15, 0.2) is 29.2 Å². The van der Waals surface area contributed by atoms with Crippen LogP contribution in [0.2, 0.25) is 0 Å². The Balaban J connectivity index is 0.00000208. The molecule has 7 heteroatoms. The highest BCUT2D eigenvalue weighted by molar-refractivity contribution is 7.89. The van der Waals surface area contributed by atoms with Crippen LogP contribution >= 0.6 is 12.4 Å². The van der Waals surface area contributed by atoms with Gasteiger partial charge < -0.3 is 10.2 Å². The fourth-order valence-corrected chi connectivity index (χ4v) is 4.86. The van der Waals surface area contributed by atoms with Crippen LogP contribution in [0.25, 0.3) is 0 Å². The van der Waals surface area contributed by atoms with Crippen LogP contribution in [0.5, 0.6) is 0 Å². The van der Waals surface area contributed by atoms with Gasteiger partial charge in [-0.3, -0.25) is 0 Å². The van der Waals surface area contributed by atoms with Gasteiger partial charge in [-0.25, -0.2) is 8.42 Å². The summed E-state index contributed by atoms with van der Waals surface area (Å²) in [6.45, 7) is 8.20. The summed E-state index contributed by atoms with van der Waals surface area (Å²) in [5.74, 6) is 0.761. The number of nitrogens with one attached hydrogen (secondary N) is 1. The third-order valence-electron chi connectivity index (χ3n) is 4.97. The molecular weight excluding hydrogens is 346 g/mol. The van der Waals surface area contributed by atoms with Gasteiger partial charge in [0.15, 0.2) is 0 Å². The van der Waals surface area contributed by atoms with Gasteiger partial charge in [0.25, 0.3) is 0 Å². The number of sulfonamides is 1. The molecule has 2 heterocycles. The fourth-order valence-electron chi connectivity index (χ4n) is 3.44. The lowest BCUT2D eigenvalue weighted by atomic mass is 9.97. The molecule has 0 radical (unpaired) electrons. The van der Waals surface area contributed by atoms with Crippen molar-refractivity contribution in [2.24, 2.45) is 5.92 Å². The van der Waals surface area contributed by atoms with Crippen LogP contribution in [0, 0.1) is 12.8 Å². The number of halogens is 1. The van der Waals surface area contributed by atoms with Crippen LogP contribution in [0.4, 0.5) is 0 Å². The molecular formula is C17H28ClN3O2S. The van der Waals surface area contributed by atoms with E-state index in [0.717, 1.165) is 44.2 Å². The van der Waals surface area contributed by atoms with E-state index >= 15 is 0 Å². The second-order valence-corrected chi connectivity index (χ2v) is 8.65. The maximum atomic E-state index is 12.7. The predicted molar refractivity (Wildman–Crippen MR) is 99.2 cm³/mol. The first-order valence-corrected chi connectivity index (χ1v) is 9.99. The molecule has 24 heavy (non-hydrogen) atoms. The van der Waals surface area contributed by atoms with Gasteiger partial charge in [-0.15, -0.1) is 12.4 Å². The highest BCUT2D eigenvalue weighted by atomic mass is 35.5. The maximum Gasteiger partial charge on any atom is 0.243 e. The minimum atomic E-state index is -3.34. The summed E-state index contributed by atoms with van der Waals surface area (Å²) in [5, 5.41) is 3.39. The van der Waals surface area contributed by atoms with Crippen molar-refractivity contribution in [1.82, 2.24) is 14.5 Å². The second-order valence-electron chi connectivity index (χ2n) is 6.71. The Labute approximate surface area is 151 Å². The van der Waals surface area contributed by atoms with Crippen molar-refractivity contribution >= 4 is 22.4 Å². The third-order valence-corrected chi connectivity index (χ3v) is 6.88. The van der Waals surface area contributed by atoms with Crippen LogP contribution in [-0.4, -0.2) is 63.4 Å². The number of piperazine rings is 1. The van der Waals surface area contributed by atoms with E-state index in [0.29, 0.717) is 18.0 Å². The van der Waals surface area contributed by atoms with E-state index in [1.54, 1.807) is 16.4 Å². The largest absolute Gasteiger partial charge is 0.317 e. The van der Waals surface area contributed by atoms with Crippen LogP contribution in [0.3, 0.4) is 0 Å². The number of piperidine rings is 1. The summed E-state index contributed by atoms with van der Waals surface area (Å²) >= 11 is 0. The summed E-state index contributed by atoms with van der Waals surface area (Å²) in [5.41, 5.74) is 1.08. The molecule has 0 spiro atoms. The smallest absolute Gasteiger partial charge is 0.243 e. The van der Waals surface area contributed by atoms with Crippen molar-refractivity contribution in [2.75, 3.05) is 45.8 Å². The zero-order chi connectivity index (χ0) is 16.3. The molecule has 2 aliphatic rings. The average molecular weight is 374 g/mol. The monoisotopic (exact) mass is 373 g/mol. The number of hydrogen-bond acceptors (Lipinski definition) is 4. The van der Waals surface area contributed by atoms with E-state index in [4.69, 9.17) is 0 Å². The summed E-state index contributed by atoms with van der Waals surface area (Å²) in [6.07, 6.45) is 2.48. The number of nitrogens with zero attached hydrogens (tertiary/aromatic N) is 2. The van der Waals surface area contributed by atoms with Gasteiger partial charge >= 0.3 is 0 Å². The second kappa shape index (κ2) is 8.63. The zero-order valence-corrected chi connectivity index (χ0v) is 15.9. The van der Waals surface area contributed by atoms with Crippen LogP contribution < -0.4 is 5.32 Å². The summed E-state index contributed by atoms with van der Waals surface area (Å²) < 4.78 is 27.0. The summed E-state index contributed by atoms with van der Waals surface area (Å²) in [7, 11) is -3.34. The predicted octanol–water partition coefficient (Wildman–Crippen LogP) is 1.72. The maximum absolute atomic E-state index is 12.7. The van der Waals surface area contributed by atoms with E-state index in [1.807, 2.05) is 19.1 Å². The van der Waals surface area contributed by atoms with Crippen molar-refractivity contribution in [3.05, 3.63) is 29.8 Å². The standard InChI is InChI=1S/C17H27N3O2S.ClH/c1-15-2-4-17(5-3-15)23(21,22)20-12-10-19(11-13-20)14-16-6-8-18-9-7-16;/h2-5,16,18H,6-14H2,1H3;1H. The molecule has 0 aliphatic carbocycles. The Morgan fingerprint density at radius 1 is 1.04 bits per heavy atom. The van der Waals surface area contributed by atoms with Crippen molar-refractivity contribution in [2.45, 2.75) is 24.7 Å².